The molecule has 0 unspecified atom stereocenters. The van der Waals surface area contributed by atoms with Crippen LogP contribution in [0.25, 0.3) is 0 Å². The number of carbonyl (C=O) groups excluding carboxylic acids is 1. The highest BCUT2D eigenvalue weighted by atomic mass is 127. The number of hydrogen-bond acceptors (Lipinski definition) is 4. The summed E-state index contributed by atoms with van der Waals surface area (Å²) in [6.07, 6.45) is 0. The lowest BCUT2D eigenvalue weighted by atomic mass is 10.1. The zero-order valence-corrected chi connectivity index (χ0v) is 12.2. The normalized spacial score (nSPS) is 10.4. The molecule has 6 nitrogen and oxygen atoms in total. The van der Waals surface area contributed by atoms with E-state index in [9.17, 15) is 14.9 Å². The van der Waals surface area contributed by atoms with E-state index in [0.29, 0.717) is 11.3 Å². The van der Waals surface area contributed by atoms with Crippen molar-refractivity contribution in [2.75, 3.05) is 0 Å². The number of ketones is 1. The van der Waals surface area contributed by atoms with Gasteiger partial charge in [-0.15, -0.1) is 0 Å². The van der Waals surface area contributed by atoms with Crippen LogP contribution in [0.4, 0.5) is 5.82 Å². The third-order valence-electron chi connectivity index (χ3n) is 2.61. The summed E-state index contributed by atoms with van der Waals surface area (Å²) in [6, 6.07) is 8.49. The van der Waals surface area contributed by atoms with Crippen LogP contribution in [0.2, 0.25) is 0 Å². The topological polar surface area (TPSA) is 78.0 Å². The van der Waals surface area contributed by atoms with E-state index in [1.807, 2.05) is 12.1 Å². The van der Waals surface area contributed by atoms with Crippen LogP contribution in [0, 0.1) is 20.6 Å². The molecule has 1 heterocycles. The Morgan fingerprint density at radius 2 is 2.05 bits per heavy atom. The predicted octanol–water partition coefficient (Wildman–Crippen LogP) is 2.59. The van der Waals surface area contributed by atoms with Gasteiger partial charge in [-0.1, -0.05) is 12.1 Å². The van der Waals surface area contributed by atoms with Crippen LogP contribution in [0.15, 0.2) is 30.3 Å². The van der Waals surface area contributed by atoms with E-state index in [-0.39, 0.29) is 18.1 Å². The maximum atomic E-state index is 12.0. The average Bonchev–Trinajstić information content (AvgIpc) is 2.72. The van der Waals surface area contributed by atoms with Gasteiger partial charge in [0.15, 0.2) is 5.78 Å². The average molecular weight is 371 g/mol. The maximum absolute atomic E-state index is 12.0. The second-order valence-corrected chi connectivity index (χ2v) is 5.23. The maximum Gasteiger partial charge on any atom is 0.390 e. The van der Waals surface area contributed by atoms with Crippen LogP contribution in [0.1, 0.15) is 16.1 Å². The van der Waals surface area contributed by atoms with Gasteiger partial charge in [0, 0.05) is 9.13 Å². The molecule has 7 heteroatoms. The summed E-state index contributed by atoms with van der Waals surface area (Å²) in [7, 11) is 0. The number of hydrogen-bond donors (Lipinski definition) is 0. The Morgan fingerprint density at radius 3 is 2.58 bits per heavy atom. The molecule has 0 bridgehead atoms. The van der Waals surface area contributed by atoms with Crippen molar-refractivity contribution in [3.63, 3.8) is 0 Å². The first-order chi connectivity index (χ1) is 8.97. The Kier molecular flexibility index (Phi) is 3.93. The van der Waals surface area contributed by atoms with Gasteiger partial charge < -0.3 is 10.1 Å². The van der Waals surface area contributed by atoms with Gasteiger partial charge >= 0.3 is 5.82 Å². The Balaban J connectivity index is 2.19. The summed E-state index contributed by atoms with van der Waals surface area (Å²) >= 11 is 2.16. The van der Waals surface area contributed by atoms with E-state index in [4.69, 9.17) is 0 Å². The molecule has 0 amide bonds. The highest BCUT2D eigenvalue weighted by molar-refractivity contribution is 14.1. The molecule has 0 spiro atoms. The van der Waals surface area contributed by atoms with Gasteiger partial charge in [0.05, 0.1) is 16.9 Å². The molecule has 1 aromatic heterocycles. The van der Waals surface area contributed by atoms with E-state index < -0.39 is 4.92 Å². The monoisotopic (exact) mass is 371 g/mol. The predicted molar refractivity (Wildman–Crippen MR) is 77.1 cm³/mol. The first-order valence-electron chi connectivity index (χ1n) is 5.45. The van der Waals surface area contributed by atoms with Crippen LogP contribution in [-0.2, 0) is 6.54 Å². The summed E-state index contributed by atoms with van der Waals surface area (Å²) in [5, 5.41) is 14.4. The molecule has 0 aliphatic heterocycles. The van der Waals surface area contributed by atoms with Gasteiger partial charge in [0.25, 0.3) is 0 Å². The van der Waals surface area contributed by atoms with E-state index in [1.54, 1.807) is 19.1 Å². The van der Waals surface area contributed by atoms with Gasteiger partial charge in [0.2, 0.25) is 0 Å². The first kappa shape index (κ1) is 13.7. The van der Waals surface area contributed by atoms with E-state index in [2.05, 4.69) is 27.7 Å². The molecule has 0 aliphatic rings. The molecule has 0 radical (unpaired) electrons. The van der Waals surface area contributed by atoms with Crippen LogP contribution < -0.4 is 0 Å². The highest BCUT2D eigenvalue weighted by Crippen LogP contribution is 2.13. The Hall–Kier alpha value is -1.77. The van der Waals surface area contributed by atoms with Gasteiger partial charge in [-0.25, -0.2) is 0 Å². The van der Waals surface area contributed by atoms with Crippen molar-refractivity contribution in [1.82, 2.24) is 9.78 Å². The van der Waals surface area contributed by atoms with Crippen molar-refractivity contribution in [2.45, 2.75) is 13.5 Å². The number of nitro groups is 1. The Labute approximate surface area is 122 Å². The summed E-state index contributed by atoms with van der Waals surface area (Å²) in [5.41, 5.74) is 1.16. The molecule has 2 aromatic rings. The lowest BCUT2D eigenvalue weighted by Crippen LogP contribution is -2.13. The minimum atomic E-state index is -0.571. The lowest BCUT2D eigenvalue weighted by Gasteiger charge is -2.00. The van der Waals surface area contributed by atoms with E-state index in [1.165, 1.54) is 10.7 Å². The van der Waals surface area contributed by atoms with Crippen LogP contribution >= 0.6 is 22.6 Å². The number of aryl methyl sites for hydroxylation is 1. The van der Waals surface area contributed by atoms with Gasteiger partial charge in [-0.2, -0.15) is 4.68 Å². The van der Waals surface area contributed by atoms with Crippen molar-refractivity contribution in [3.8, 4) is 0 Å². The van der Waals surface area contributed by atoms with E-state index >= 15 is 0 Å². The number of benzene rings is 1. The number of rotatable bonds is 4. The fourth-order valence-electron chi connectivity index (χ4n) is 1.61. The Morgan fingerprint density at radius 1 is 1.42 bits per heavy atom. The highest BCUT2D eigenvalue weighted by Gasteiger charge is 2.18. The molecule has 0 fully saturated rings. The zero-order chi connectivity index (χ0) is 14.0. The fraction of sp³-hybridized carbons (Fsp3) is 0.167. The minimum Gasteiger partial charge on any atom is -0.358 e. The van der Waals surface area contributed by atoms with Crippen molar-refractivity contribution in [2.24, 2.45) is 0 Å². The van der Waals surface area contributed by atoms with E-state index in [0.717, 1.165) is 3.57 Å². The number of Topliss-reactive ketones (excluding diaryl/α,β-unsaturated/α-hetero) is 1. The largest absolute Gasteiger partial charge is 0.390 e. The lowest BCUT2D eigenvalue weighted by molar-refractivity contribution is -0.389. The van der Waals surface area contributed by atoms with Crippen molar-refractivity contribution < 1.29 is 9.72 Å². The molecule has 0 saturated heterocycles. The molecule has 1 aromatic carbocycles. The zero-order valence-electron chi connectivity index (χ0n) is 10.0. The molecular weight excluding hydrogens is 361 g/mol. The Bertz CT molecular complexity index is 634. The third-order valence-corrected chi connectivity index (χ3v) is 3.33. The smallest absolute Gasteiger partial charge is 0.358 e. The first-order valence-corrected chi connectivity index (χ1v) is 6.53. The fourth-order valence-corrected chi connectivity index (χ4v) is 1.96. The van der Waals surface area contributed by atoms with Crippen molar-refractivity contribution >= 4 is 34.2 Å². The summed E-state index contributed by atoms with van der Waals surface area (Å²) < 4.78 is 2.39. The van der Waals surface area contributed by atoms with Crippen LogP contribution in [0.5, 0.6) is 0 Å². The molecule has 0 N–H and O–H groups in total. The molecular formula is C12H10IN3O3. The molecule has 0 atom stereocenters. The number of nitrogens with zero attached hydrogens (tertiary/aromatic N) is 3. The second-order valence-electron chi connectivity index (χ2n) is 3.99. The van der Waals surface area contributed by atoms with Gasteiger partial charge in [-0.3, -0.25) is 4.79 Å². The molecule has 0 aliphatic carbocycles. The standard InChI is InChI=1S/C12H10IN3O3/c1-8-6-12(16(18)19)14-15(8)7-11(17)9-2-4-10(13)5-3-9/h2-6H,7H2,1H3. The molecule has 0 saturated carbocycles. The SMILES string of the molecule is Cc1cc([N+](=O)[O-])nn1CC(=O)c1ccc(I)cc1. The molecule has 98 valence electrons. The molecule has 2 rings (SSSR count). The number of halogens is 1. The summed E-state index contributed by atoms with van der Waals surface area (Å²) in [6.45, 7) is 1.68. The van der Waals surface area contributed by atoms with Gasteiger partial charge in [-0.05, 0) is 46.6 Å². The number of carbonyl (C=O) groups is 1. The second kappa shape index (κ2) is 5.47. The number of aromatic nitrogens is 2. The summed E-state index contributed by atoms with van der Waals surface area (Å²) in [5.74, 6) is -0.370. The van der Waals surface area contributed by atoms with Crippen LogP contribution in [0.3, 0.4) is 0 Å². The molecule has 19 heavy (non-hydrogen) atoms. The van der Waals surface area contributed by atoms with Crippen molar-refractivity contribution in [1.29, 1.82) is 0 Å². The van der Waals surface area contributed by atoms with Crippen LogP contribution in [-0.4, -0.2) is 20.5 Å². The third kappa shape index (κ3) is 3.16. The minimum absolute atomic E-state index is 0.000264. The summed E-state index contributed by atoms with van der Waals surface area (Å²) in [4.78, 5) is 22.1. The van der Waals surface area contributed by atoms with Gasteiger partial charge in [0.1, 0.15) is 6.54 Å². The quantitative estimate of drug-likeness (QED) is 0.358. The van der Waals surface area contributed by atoms with Crippen molar-refractivity contribution in [3.05, 3.63) is 55.3 Å².